The highest BCUT2D eigenvalue weighted by molar-refractivity contribution is 6.31. The van der Waals surface area contributed by atoms with Gasteiger partial charge in [-0.25, -0.2) is 0 Å². The Morgan fingerprint density at radius 2 is 2.15 bits per heavy atom. The number of hydrogen-bond donors (Lipinski definition) is 1. The second-order valence-corrected chi connectivity index (χ2v) is 5.68. The Morgan fingerprint density at radius 3 is 2.85 bits per heavy atom. The third kappa shape index (κ3) is 2.35. The summed E-state index contributed by atoms with van der Waals surface area (Å²) in [5.41, 5.74) is 11.8. The van der Waals surface area contributed by atoms with Gasteiger partial charge in [0.25, 0.3) is 0 Å². The fourth-order valence-corrected chi connectivity index (χ4v) is 2.89. The van der Waals surface area contributed by atoms with Gasteiger partial charge in [0.15, 0.2) is 0 Å². The largest absolute Gasteiger partial charge is 0.372 e. The Labute approximate surface area is 123 Å². The molecule has 2 aromatic rings. The summed E-state index contributed by atoms with van der Waals surface area (Å²) in [5, 5.41) is 5.04. The lowest BCUT2D eigenvalue weighted by Gasteiger charge is -2.14. The molecule has 0 aliphatic carbocycles. The first kappa shape index (κ1) is 13.6. The molecule has 1 aliphatic heterocycles. The van der Waals surface area contributed by atoms with Crippen LogP contribution < -0.4 is 5.73 Å². The smallest absolute Gasteiger partial charge is 0.0847 e. The molecule has 106 valence electrons. The molecule has 0 spiro atoms. The van der Waals surface area contributed by atoms with Gasteiger partial charge in [-0.1, -0.05) is 29.8 Å². The summed E-state index contributed by atoms with van der Waals surface area (Å²) in [6.45, 7) is 3.29. The zero-order valence-electron chi connectivity index (χ0n) is 11.7. The highest BCUT2D eigenvalue weighted by Gasteiger charge is 2.18. The number of nitrogens with zero attached hydrogens (tertiary/aromatic N) is 2. The van der Waals surface area contributed by atoms with Crippen LogP contribution in [0.2, 0.25) is 5.02 Å². The van der Waals surface area contributed by atoms with Gasteiger partial charge in [0.2, 0.25) is 0 Å². The number of halogens is 1. The van der Waals surface area contributed by atoms with E-state index < -0.39 is 0 Å². The zero-order valence-corrected chi connectivity index (χ0v) is 12.4. The number of benzene rings is 1. The first-order chi connectivity index (χ1) is 9.56. The number of aryl methyl sites for hydroxylation is 2. The summed E-state index contributed by atoms with van der Waals surface area (Å²) < 4.78 is 7.25. The molecule has 5 heteroatoms. The molecule has 1 aromatic carbocycles. The van der Waals surface area contributed by atoms with E-state index in [1.165, 1.54) is 11.1 Å². The Bertz CT molecular complexity index is 651. The standard InChI is InChI=1S/C15H18ClN3O/c1-9-15(16)14(19(2)18-9)6-13(17)10-3-4-11-7-20-8-12(11)5-10/h3-5,13H,6-8,17H2,1-2H3. The lowest BCUT2D eigenvalue weighted by Crippen LogP contribution is -2.16. The van der Waals surface area contributed by atoms with Crippen LogP contribution in [0.1, 0.15) is 34.1 Å². The van der Waals surface area contributed by atoms with E-state index in [2.05, 4.69) is 23.3 Å². The summed E-state index contributed by atoms with van der Waals surface area (Å²) >= 11 is 6.28. The Balaban J connectivity index is 1.84. The molecular weight excluding hydrogens is 274 g/mol. The number of hydrogen-bond acceptors (Lipinski definition) is 3. The molecule has 2 N–H and O–H groups in total. The molecule has 1 aromatic heterocycles. The lowest BCUT2D eigenvalue weighted by atomic mass is 9.98. The summed E-state index contributed by atoms with van der Waals surface area (Å²) in [6, 6.07) is 6.24. The lowest BCUT2D eigenvalue weighted by molar-refractivity contribution is 0.134. The fraction of sp³-hybridized carbons (Fsp3) is 0.400. The monoisotopic (exact) mass is 291 g/mol. The molecule has 0 saturated carbocycles. The van der Waals surface area contributed by atoms with Crippen LogP contribution in [0.4, 0.5) is 0 Å². The van der Waals surface area contributed by atoms with Crippen LogP contribution in [-0.2, 0) is 31.4 Å². The first-order valence-corrected chi connectivity index (χ1v) is 7.07. The minimum absolute atomic E-state index is 0.0896. The summed E-state index contributed by atoms with van der Waals surface area (Å²) in [6.07, 6.45) is 0.676. The maximum absolute atomic E-state index is 6.33. The van der Waals surface area contributed by atoms with E-state index in [4.69, 9.17) is 22.1 Å². The molecule has 0 saturated heterocycles. The second-order valence-electron chi connectivity index (χ2n) is 5.30. The molecule has 0 radical (unpaired) electrons. The normalized spacial score (nSPS) is 15.4. The molecule has 4 nitrogen and oxygen atoms in total. The maximum Gasteiger partial charge on any atom is 0.0847 e. The third-order valence-corrected chi connectivity index (χ3v) is 4.34. The van der Waals surface area contributed by atoms with E-state index in [0.717, 1.165) is 17.0 Å². The minimum Gasteiger partial charge on any atom is -0.372 e. The van der Waals surface area contributed by atoms with Gasteiger partial charge in [-0.3, -0.25) is 4.68 Å². The van der Waals surface area contributed by atoms with Crippen molar-refractivity contribution in [2.45, 2.75) is 32.6 Å². The van der Waals surface area contributed by atoms with Crippen molar-refractivity contribution in [2.24, 2.45) is 12.8 Å². The maximum atomic E-state index is 6.33. The molecule has 3 rings (SSSR count). The predicted octanol–water partition coefficient (Wildman–Crippen LogP) is 2.65. The Morgan fingerprint density at radius 1 is 1.40 bits per heavy atom. The molecule has 0 fully saturated rings. The molecule has 1 unspecified atom stereocenters. The molecular formula is C15H18ClN3O. The van der Waals surface area contributed by atoms with Crippen LogP contribution in [0.15, 0.2) is 18.2 Å². The van der Waals surface area contributed by atoms with Gasteiger partial charge >= 0.3 is 0 Å². The van der Waals surface area contributed by atoms with Crippen molar-refractivity contribution in [2.75, 3.05) is 0 Å². The van der Waals surface area contributed by atoms with Gasteiger partial charge < -0.3 is 10.5 Å². The second kappa shape index (κ2) is 5.20. The van der Waals surface area contributed by atoms with Crippen molar-refractivity contribution in [3.63, 3.8) is 0 Å². The van der Waals surface area contributed by atoms with Crippen molar-refractivity contribution in [3.8, 4) is 0 Å². The highest BCUT2D eigenvalue weighted by Crippen LogP contribution is 2.27. The fourth-order valence-electron chi connectivity index (χ4n) is 2.65. The summed E-state index contributed by atoms with van der Waals surface area (Å²) in [7, 11) is 1.90. The third-order valence-electron chi connectivity index (χ3n) is 3.85. The number of nitrogens with two attached hydrogens (primary N) is 1. The molecule has 0 bridgehead atoms. The Kier molecular flexibility index (Phi) is 3.54. The highest BCUT2D eigenvalue weighted by atomic mass is 35.5. The number of rotatable bonds is 3. The Hall–Kier alpha value is -1.36. The average Bonchev–Trinajstić information content (AvgIpc) is 2.98. The molecule has 1 atom stereocenters. The molecule has 0 amide bonds. The topological polar surface area (TPSA) is 53.1 Å². The zero-order chi connectivity index (χ0) is 14.3. The van der Waals surface area contributed by atoms with Gasteiger partial charge in [0.05, 0.1) is 29.6 Å². The van der Waals surface area contributed by atoms with E-state index in [1.807, 2.05) is 18.7 Å². The van der Waals surface area contributed by atoms with Gasteiger partial charge in [-0.15, -0.1) is 0 Å². The summed E-state index contributed by atoms with van der Waals surface area (Å²) in [4.78, 5) is 0. The number of fused-ring (bicyclic) bond motifs is 1. The summed E-state index contributed by atoms with van der Waals surface area (Å²) in [5.74, 6) is 0. The van der Waals surface area contributed by atoms with E-state index >= 15 is 0 Å². The van der Waals surface area contributed by atoms with Crippen LogP contribution in [0.3, 0.4) is 0 Å². The quantitative estimate of drug-likeness (QED) is 0.946. The number of ether oxygens (including phenoxy) is 1. The van der Waals surface area contributed by atoms with Gasteiger partial charge in [0.1, 0.15) is 0 Å². The molecule has 20 heavy (non-hydrogen) atoms. The van der Waals surface area contributed by atoms with Crippen LogP contribution in [0.5, 0.6) is 0 Å². The van der Waals surface area contributed by atoms with Crippen LogP contribution in [0, 0.1) is 6.92 Å². The van der Waals surface area contributed by atoms with E-state index in [0.29, 0.717) is 24.7 Å². The minimum atomic E-state index is -0.0896. The molecule has 2 heterocycles. The van der Waals surface area contributed by atoms with E-state index in [1.54, 1.807) is 0 Å². The van der Waals surface area contributed by atoms with Crippen LogP contribution >= 0.6 is 11.6 Å². The van der Waals surface area contributed by atoms with Gasteiger partial charge in [-0.2, -0.15) is 5.10 Å². The van der Waals surface area contributed by atoms with E-state index in [-0.39, 0.29) is 6.04 Å². The van der Waals surface area contributed by atoms with Crippen molar-refractivity contribution < 1.29 is 4.74 Å². The van der Waals surface area contributed by atoms with Gasteiger partial charge in [0, 0.05) is 19.5 Å². The number of aromatic nitrogens is 2. The predicted molar refractivity (Wildman–Crippen MR) is 78.5 cm³/mol. The molecule has 1 aliphatic rings. The SMILES string of the molecule is Cc1nn(C)c(CC(N)c2ccc3c(c2)COC3)c1Cl. The van der Waals surface area contributed by atoms with Crippen molar-refractivity contribution in [3.05, 3.63) is 51.3 Å². The average molecular weight is 292 g/mol. The van der Waals surface area contributed by atoms with Crippen LogP contribution in [-0.4, -0.2) is 9.78 Å². The van der Waals surface area contributed by atoms with Crippen molar-refractivity contribution in [1.29, 1.82) is 0 Å². The van der Waals surface area contributed by atoms with Crippen LogP contribution in [0.25, 0.3) is 0 Å². The first-order valence-electron chi connectivity index (χ1n) is 6.69. The van der Waals surface area contributed by atoms with E-state index in [9.17, 15) is 0 Å². The van der Waals surface area contributed by atoms with Crippen molar-refractivity contribution >= 4 is 11.6 Å². The van der Waals surface area contributed by atoms with Crippen molar-refractivity contribution in [1.82, 2.24) is 9.78 Å². The van der Waals surface area contributed by atoms with Gasteiger partial charge in [-0.05, 0) is 23.6 Å².